The van der Waals surface area contributed by atoms with Crippen molar-refractivity contribution in [2.24, 2.45) is 0 Å². The zero-order valence-electron chi connectivity index (χ0n) is 44.7. The molecule has 2 unspecified atom stereocenters. The van der Waals surface area contributed by atoms with Gasteiger partial charge in [-0.2, -0.15) is 4.98 Å². The number of unbranched alkanes of at least 4 members (excludes halogenated alkanes) is 6. The minimum Gasteiger partial charge on any atom is -0.463 e. The summed E-state index contributed by atoms with van der Waals surface area (Å²) < 4.78 is 47.4. The summed E-state index contributed by atoms with van der Waals surface area (Å²) in [5.41, 5.74) is 0.557. The molecule has 2 aliphatic heterocycles. The summed E-state index contributed by atoms with van der Waals surface area (Å²) in [5.74, 6) is -3.02. The van der Waals surface area contributed by atoms with E-state index in [9.17, 15) is 38.4 Å². The zero-order valence-corrected chi connectivity index (χ0v) is 46.3. The molecule has 0 bridgehead atoms. The topological polar surface area (TPSA) is 352 Å². The molecule has 4 aromatic rings. The van der Waals surface area contributed by atoms with Gasteiger partial charge in [0.25, 0.3) is 5.56 Å². The number of nitrogens with zero attached hydrogens (tertiary/aromatic N) is 6. The average molecular weight is 1130 g/mol. The minimum atomic E-state index is -1.14. The van der Waals surface area contributed by atoms with E-state index in [1.807, 2.05) is 6.92 Å². The number of nitrogens with one attached hydrogen (secondary N) is 6. The number of hydrogen-bond donors (Lipinski definition) is 6. The smallest absolute Gasteiger partial charge is 0.303 e. The van der Waals surface area contributed by atoms with Crippen molar-refractivity contribution in [3.05, 3.63) is 27.6 Å². The number of ether oxygens (including phenoxy) is 8. The Morgan fingerprint density at radius 2 is 1.00 bits per heavy atom. The lowest BCUT2D eigenvalue weighted by molar-refractivity contribution is -0.166. The highest BCUT2D eigenvalue weighted by molar-refractivity contribution is 7.80. The highest BCUT2D eigenvalue weighted by Crippen LogP contribution is 2.37. The second-order valence-corrected chi connectivity index (χ2v) is 19.2. The van der Waals surface area contributed by atoms with Crippen LogP contribution < -0.4 is 26.8 Å². The molecular formula is C48H68N12O16S2. The van der Waals surface area contributed by atoms with Crippen molar-refractivity contribution >= 4 is 105 Å². The van der Waals surface area contributed by atoms with Crippen molar-refractivity contribution in [3.8, 4) is 0 Å². The molecule has 428 valence electrons. The number of carbonyl (C=O) groups excluding carboxylic acids is 7. The van der Waals surface area contributed by atoms with Crippen molar-refractivity contribution in [1.29, 1.82) is 0 Å². The Hall–Kier alpha value is -7.18. The van der Waals surface area contributed by atoms with Gasteiger partial charge in [-0.1, -0.05) is 50.1 Å². The average Bonchev–Trinajstić information content (AvgIpc) is 4.21. The lowest BCUT2D eigenvalue weighted by Crippen LogP contribution is -2.40. The summed E-state index contributed by atoms with van der Waals surface area (Å²) in [6, 6.07) is 0. The third kappa shape index (κ3) is 18.5. The summed E-state index contributed by atoms with van der Waals surface area (Å²) in [6.07, 6.45) is 2.16. The molecule has 4 aromatic heterocycles. The Labute approximate surface area is 458 Å². The Balaban J connectivity index is 0.000000287. The van der Waals surface area contributed by atoms with Crippen LogP contribution in [0.25, 0.3) is 22.3 Å². The molecule has 30 heteroatoms. The molecule has 78 heavy (non-hydrogen) atoms. The molecule has 0 aromatic carbocycles. The summed E-state index contributed by atoms with van der Waals surface area (Å²) in [7, 11) is 0. The van der Waals surface area contributed by atoms with E-state index in [0.717, 1.165) is 62.9 Å². The predicted octanol–water partition coefficient (Wildman–Crippen LogP) is 3.27. The van der Waals surface area contributed by atoms with Gasteiger partial charge in [0.15, 0.2) is 52.7 Å². The van der Waals surface area contributed by atoms with Gasteiger partial charge in [-0.05, 0) is 32.6 Å². The van der Waals surface area contributed by atoms with E-state index in [0.29, 0.717) is 36.7 Å². The molecule has 6 N–H and O–H groups in total. The van der Waals surface area contributed by atoms with E-state index in [4.69, 9.17) is 62.3 Å². The number of esters is 6. The number of thiocarbonyl (C=S) groups is 1. The number of fused-ring (bicyclic) bond motifs is 2. The van der Waals surface area contributed by atoms with Crippen LogP contribution in [0.2, 0.25) is 0 Å². The molecule has 8 atom stereocenters. The van der Waals surface area contributed by atoms with Crippen molar-refractivity contribution in [3.63, 3.8) is 0 Å². The van der Waals surface area contributed by atoms with E-state index in [1.165, 1.54) is 65.7 Å². The minimum absolute atomic E-state index is 0.0242. The number of aromatic nitrogens is 8. The second-order valence-electron chi connectivity index (χ2n) is 18.2. The number of imidazole rings is 2. The number of aromatic amines is 2. The van der Waals surface area contributed by atoms with Crippen LogP contribution in [0, 0.1) is 4.64 Å². The number of hydrogen-bond acceptors (Lipinski definition) is 24. The molecule has 0 saturated carbocycles. The van der Waals surface area contributed by atoms with Gasteiger partial charge in [0, 0.05) is 74.6 Å². The van der Waals surface area contributed by atoms with Crippen molar-refractivity contribution in [2.75, 3.05) is 50.0 Å². The van der Waals surface area contributed by atoms with Crippen LogP contribution in [0.15, 0.2) is 17.4 Å². The van der Waals surface area contributed by atoms with Crippen LogP contribution in [0.3, 0.4) is 0 Å². The molecule has 2 saturated heterocycles. The van der Waals surface area contributed by atoms with Crippen LogP contribution in [0.1, 0.15) is 119 Å². The van der Waals surface area contributed by atoms with Crippen molar-refractivity contribution in [1.82, 2.24) is 49.7 Å². The van der Waals surface area contributed by atoms with Gasteiger partial charge in [-0.3, -0.25) is 52.5 Å². The fraction of sp³-hybridized carbons (Fsp3) is 0.625. The molecule has 6 rings (SSSR count). The first-order valence-electron chi connectivity index (χ1n) is 25.3. The molecule has 6 heterocycles. The monoisotopic (exact) mass is 1130 g/mol. The summed E-state index contributed by atoms with van der Waals surface area (Å²) in [4.78, 5) is 118. The molecule has 0 aliphatic carbocycles. The first kappa shape index (κ1) is 61.7. The van der Waals surface area contributed by atoms with Crippen LogP contribution in [0.5, 0.6) is 0 Å². The van der Waals surface area contributed by atoms with Gasteiger partial charge in [0.1, 0.15) is 36.6 Å². The molecule has 0 radical (unpaired) electrons. The maximum absolute atomic E-state index is 12.7. The number of rotatable bonds is 26. The fourth-order valence-electron chi connectivity index (χ4n) is 8.39. The Kier molecular flexibility index (Phi) is 23.8. The molecule has 1 amide bonds. The van der Waals surface area contributed by atoms with E-state index in [2.05, 4.69) is 51.2 Å². The van der Waals surface area contributed by atoms with Crippen LogP contribution in [-0.2, 0) is 71.5 Å². The highest BCUT2D eigenvalue weighted by atomic mass is 32.1. The summed E-state index contributed by atoms with van der Waals surface area (Å²) in [6.45, 7) is 12.9. The first-order chi connectivity index (χ1) is 37.1. The predicted molar refractivity (Wildman–Crippen MR) is 283 cm³/mol. The fourth-order valence-corrected chi connectivity index (χ4v) is 8.73. The van der Waals surface area contributed by atoms with Gasteiger partial charge < -0.3 is 64.1 Å². The van der Waals surface area contributed by atoms with Gasteiger partial charge in [-0.15, -0.1) is 0 Å². The maximum Gasteiger partial charge on any atom is 0.303 e. The number of H-pyrrole nitrogens is 2. The van der Waals surface area contributed by atoms with E-state index in [-0.39, 0.29) is 40.9 Å². The van der Waals surface area contributed by atoms with Crippen molar-refractivity contribution < 1.29 is 71.5 Å². The quantitative estimate of drug-likeness (QED) is 0.0227. The molecular weight excluding hydrogens is 1060 g/mol. The maximum atomic E-state index is 12.7. The normalized spacial score (nSPS) is 20.4. The van der Waals surface area contributed by atoms with Gasteiger partial charge >= 0.3 is 35.8 Å². The van der Waals surface area contributed by atoms with Crippen LogP contribution >= 0.6 is 24.4 Å². The van der Waals surface area contributed by atoms with E-state index in [1.54, 1.807) is 4.57 Å². The van der Waals surface area contributed by atoms with E-state index < -0.39 is 90.5 Å². The highest BCUT2D eigenvalue weighted by Gasteiger charge is 2.52. The zero-order chi connectivity index (χ0) is 57.1. The molecule has 2 fully saturated rings. The van der Waals surface area contributed by atoms with Gasteiger partial charge in [0.05, 0.1) is 17.6 Å². The van der Waals surface area contributed by atoms with Gasteiger partial charge in [0.2, 0.25) is 17.8 Å². The molecule has 0 spiro atoms. The van der Waals surface area contributed by atoms with Crippen molar-refractivity contribution in [2.45, 2.75) is 156 Å². The third-order valence-corrected chi connectivity index (χ3v) is 12.1. The van der Waals surface area contributed by atoms with Crippen LogP contribution in [-0.4, -0.2) is 162 Å². The lowest BCUT2D eigenvalue weighted by Gasteiger charge is -2.23. The Morgan fingerprint density at radius 1 is 0.564 bits per heavy atom. The molecule has 2 aliphatic rings. The first-order valence-corrected chi connectivity index (χ1v) is 26.1. The second kappa shape index (κ2) is 30.1. The lowest BCUT2D eigenvalue weighted by atomic mass is 10.1. The number of carbonyl (C=O) groups is 7. The molecule has 28 nitrogen and oxygen atoms in total. The Bertz CT molecular complexity index is 2680. The standard InChI is InChI=1S/C24H34N6O9.C24H34N6O7S2/c1-13(31)25-9-7-5-6-8-10-26-24-28-21-18(22(35)29-24)27-12-30(21)23-20(38-16(4)34)19(37-15(3)33)17(39-23)11-36-14(2)32;1-13(38)25-9-7-5-6-8-10-26-24-28-21-18(22(39)29-24)27-12-30(21)23-20(36-16(4)33)19(35-15(3)32)17(37-23)11-34-14(2)31/h12,17,19-20,23H,5-11H2,1-4H3,(H,25,31)(H2,26,28,29,35);12,17,19-20,23H,5-11H2,1-4H3,(H,25,38)(H2,26,28,29,39)/t2*17-,19+,20?,23-/m11/s1. The number of anilines is 2. The summed E-state index contributed by atoms with van der Waals surface area (Å²) >= 11 is 10.5. The number of amides is 1. The van der Waals surface area contributed by atoms with Gasteiger partial charge in [-0.25, -0.2) is 15.0 Å². The SMILES string of the molecule is CC(=O)NCCCCCCNc1nc2c(ncn2[C@@H]2O[C@H](COC(C)=O)[C@H](OC(C)=O)C2OC(C)=O)c(=O)[nH]1.CC(=O)OC[C@H]1O[C@@H](n2cnc3c(=S)nc(NCCCCCCNC(C)=S)[nH]c32)C(OC(C)=O)[C@H]1OC(C)=O. The van der Waals surface area contributed by atoms with E-state index >= 15 is 0 Å². The third-order valence-electron chi connectivity index (χ3n) is 11.6. The van der Waals surface area contributed by atoms with Crippen LogP contribution in [0.4, 0.5) is 11.9 Å². The summed E-state index contributed by atoms with van der Waals surface area (Å²) in [5, 5.41) is 12.2. The largest absolute Gasteiger partial charge is 0.463 e. The Morgan fingerprint density at radius 3 is 1.47 bits per heavy atom.